The van der Waals surface area contributed by atoms with Crippen LogP contribution in [0.5, 0.6) is 0 Å². The van der Waals surface area contributed by atoms with Gasteiger partial charge in [-0.05, 0) is 30.7 Å². The molecule has 3 rings (SSSR count). The third kappa shape index (κ3) is 3.08. The lowest BCUT2D eigenvalue weighted by atomic mass is 9.84. The number of alkyl halides is 2. The molecule has 2 unspecified atom stereocenters. The highest BCUT2D eigenvalue weighted by atomic mass is 19.3. The van der Waals surface area contributed by atoms with E-state index >= 15 is 0 Å². The Morgan fingerprint density at radius 1 is 1.17 bits per heavy atom. The zero-order valence-electron chi connectivity index (χ0n) is 12.7. The predicted molar refractivity (Wildman–Crippen MR) is 81.7 cm³/mol. The van der Waals surface area contributed by atoms with Crippen molar-refractivity contribution in [3.8, 4) is 11.1 Å². The third-order valence-corrected chi connectivity index (χ3v) is 4.31. The molecule has 3 nitrogen and oxygen atoms in total. The minimum Gasteiger partial charge on any atom is -0.397 e. The summed E-state index contributed by atoms with van der Waals surface area (Å²) in [6.45, 7) is 0.246. The first-order valence-corrected chi connectivity index (χ1v) is 7.54. The molecule has 128 valence electrons. The van der Waals surface area contributed by atoms with Crippen LogP contribution in [0.25, 0.3) is 11.1 Å². The molecule has 2 atom stereocenters. The number of pyridine rings is 1. The number of rotatable bonds is 3. The number of hydrogen-bond acceptors (Lipinski definition) is 3. The number of benzene rings is 1. The van der Waals surface area contributed by atoms with Gasteiger partial charge >= 0.3 is 0 Å². The summed E-state index contributed by atoms with van der Waals surface area (Å²) < 4.78 is 59.1. The van der Waals surface area contributed by atoms with Gasteiger partial charge in [-0.2, -0.15) is 0 Å². The Labute approximate surface area is 136 Å². The average Bonchev–Trinajstić information content (AvgIpc) is 2.57. The quantitative estimate of drug-likeness (QED) is 0.860. The van der Waals surface area contributed by atoms with Crippen molar-refractivity contribution in [3.63, 3.8) is 0 Å². The highest BCUT2D eigenvalue weighted by Gasteiger charge is 2.36. The van der Waals surface area contributed by atoms with E-state index < -0.39 is 29.9 Å². The molecule has 7 heteroatoms. The maximum Gasteiger partial charge on any atom is 0.244 e. The fraction of sp³-hybridized carbons (Fsp3) is 0.353. The predicted octanol–water partition coefficient (Wildman–Crippen LogP) is 3.99. The first-order valence-electron chi connectivity index (χ1n) is 7.54. The summed E-state index contributed by atoms with van der Waals surface area (Å²) in [6.07, 6.45) is -0.851. The van der Waals surface area contributed by atoms with Crippen LogP contribution in [0.3, 0.4) is 0 Å². The molecule has 1 saturated heterocycles. The van der Waals surface area contributed by atoms with Crippen LogP contribution in [0.15, 0.2) is 30.5 Å². The number of hydrogen-bond donors (Lipinski definition) is 1. The number of ether oxygens (including phenoxy) is 1. The molecular weight excluding hydrogens is 324 g/mol. The zero-order chi connectivity index (χ0) is 17.3. The molecule has 2 aromatic rings. The Hall–Kier alpha value is -2.15. The number of anilines is 1. The Balaban J connectivity index is 2.06. The highest BCUT2D eigenvalue weighted by molar-refractivity contribution is 5.78. The van der Waals surface area contributed by atoms with Crippen molar-refractivity contribution in [1.82, 2.24) is 4.98 Å². The van der Waals surface area contributed by atoms with Crippen LogP contribution in [0.1, 0.15) is 18.0 Å². The molecule has 1 fully saturated rings. The summed E-state index contributed by atoms with van der Waals surface area (Å²) in [4.78, 5) is 4.14. The Kier molecular flexibility index (Phi) is 4.71. The van der Waals surface area contributed by atoms with Gasteiger partial charge in [0.15, 0.2) is 0 Å². The number of nitrogens with two attached hydrogens (primary N) is 1. The van der Waals surface area contributed by atoms with Gasteiger partial charge in [0.25, 0.3) is 0 Å². The second-order valence-electron chi connectivity index (χ2n) is 5.75. The van der Waals surface area contributed by atoms with Gasteiger partial charge in [-0.15, -0.1) is 0 Å². The fourth-order valence-corrected chi connectivity index (χ4v) is 3.07. The fourth-order valence-electron chi connectivity index (χ4n) is 3.07. The van der Waals surface area contributed by atoms with E-state index in [1.54, 1.807) is 0 Å². The van der Waals surface area contributed by atoms with Crippen molar-refractivity contribution in [2.24, 2.45) is 5.92 Å². The molecule has 2 heterocycles. The lowest BCUT2D eigenvalue weighted by Gasteiger charge is -2.31. The molecule has 1 aliphatic heterocycles. The molecule has 0 amide bonds. The van der Waals surface area contributed by atoms with Gasteiger partial charge in [0.2, 0.25) is 6.43 Å². The van der Waals surface area contributed by atoms with Crippen LogP contribution >= 0.6 is 0 Å². The van der Waals surface area contributed by atoms with Crippen molar-refractivity contribution < 1.29 is 22.3 Å². The van der Waals surface area contributed by atoms with E-state index in [-0.39, 0.29) is 29.1 Å². The molecule has 0 saturated carbocycles. The van der Waals surface area contributed by atoms with E-state index in [1.807, 2.05) is 0 Å². The van der Waals surface area contributed by atoms with Crippen molar-refractivity contribution in [2.45, 2.75) is 18.8 Å². The lowest BCUT2D eigenvalue weighted by molar-refractivity contribution is -0.0385. The normalized spacial score (nSPS) is 21.2. The van der Waals surface area contributed by atoms with Crippen molar-refractivity contribution >= 4 is 5.69 Å². The van der Waals surface area contributed by atoms with Crippen LogP contribution in [0.4, 0.5) is 23.2 Å². The Morgan fingerprint density at radius 2 is 1.96 bits per heavy atom. The summed E-state index contributed by atoms with van der Waals surface area (Å²) in [7, 11) is 0. The van der Waals surface area contributed by atoms with E-state index in [4.69, 9.17) is 10.5 Å². The molecule has 1 aromatic carbocycles. The maximum absolute atomic E-state index is 14.0. The monoisotopic (exact) mass is 340 g/mol. The standard InChI is InChI=1S/C17H16F4N2O/c18-9-1-2-14(19)12(7-9)10-3-5-23-16(15(10)22)11-4-6-24-8-13(11)17(20)21/h1-3,5,7,11,13,17H,4,6,8,22H2. The van der Waals surface area contributed by atoms with Crippen molar-refractivity contribution in [1.29, 1.82) is 0 Å². The number of aromatic nitrogens is 1. The van der Waals surface area contributed by atoms with Crippen LogP contribution in [-0.4, -0.2) is 24.6 Å². The van der Waals surface area contributed by atoms with Gasteiger partial charge in [0.05, 0.1) is 23.9 Å². The number of halogens is 4. The first kappa shape index (κ1) is 16.7. The summed E-state index contributed by atoms with van der Waals surface area (Å²) >= 11 is 0. The van der Waals surface area contributed by atoms with E-state index in [9.17, 15) is 17.6 Å². The minimum atomic E-state index is -2.58. The van der Waals surface area contributed by atoms with Gasteiger partial charge in [-0.3, -0.25) is 4.98 Å². The molecule has 0 aliphatic carbocycles. The number of nitrogen functional groups attached to an aromatic ring is 1. The van der Waals surface area contributed by atoms with Gasteiger partial charge in [-0.25, -0.2) is 17.6 Å². The zero-order valence-corrected chi connectivity index (χ0v) is 12.7. The van der Waals surface area contributed by atoms with E-state index in [0.717, 1.165) is 18.2 Å². The molecule has 0 spiro atoms. The summed E-state index contributed by atoms with van der Waals surface area (Å²) in [6, 6.07) is 4.48. The van der Waals surface area contributed by atoms with E-state index in [0.29, 0.717) is 13.0 Å². The van der Waals surface area contributed by atoms with Gasteiger partial charge in [-0.1, -0.05) is 0 Å². The topological polar surface area (TPSA) is 48.1 Å². The molecule has 0 radical (unpaired) electrons. The second kappa shape index (κ2) is 6.76. The lowest BCUT2D eigenvalue weighted by Crippen LogP contribution is -2.32. The summed E-state index contributed by atoms with van der Waals surface area (Å²) in [5.41, 5.74) is 6.70. The van der Waals surface area contributed by atoms with Crippen LogP contribution in [-0.2, 0) is 4.74 Å². The van der Waals surface area contributed by atoms with Gasteiger partial charge in [0, 0.05) is 29.8 Å². The molecule has 1 aromatic heterocycles. The second-order valence-corrected chi connectivity index (χ2v) is 5.75. The summed E-state index contributed by atoms with van der Waals surface area (Å²) in [5.74, 6) is -2.87. The molecule has 24 heavy (non-hydrogen) atoms. The Morgan fingerprint density at radius 3 is 2.71 bits per heavy atom. The van der Waals surface area contributed by atoms with Crippen molar-refractivity contribution in [2.75, 3.05) is 18.9 Å². The molecular formula is C17H16F4N2O. The van der Waals surface area contributed by atoms with Crippen LogP contribution < -0.4 is 5.73 Å². The van der Waals surface area contributed by atoms with Crippen LogP contribution in [0, 0.1) is 17.6 Å². The van der Waals surface area contributed by atoms with E-state index in [2.05, 4.69) is 4.98 Å². The van der Waals surface area contributed by atoms with Gasteiger partial charge in [0.1, 0.15) is 11.6 Å². The maximum atomic E-state index is 14.0. The average molecular weight is 340 g/mol. The van der Waals surface area contributed by atoms with E-state index in [1.165, 1.54) is 12.3 Å². The van der Waals surface area contributed by atoms with Gasteiger partial charge < -0.3 is 10.5 Å². The third-order valence-electron chi connectivity index (χ3n) is 4.31. The molecule has 2 N–H and O–H groups in total. The Bertz CT molecular complexity index is 739. The molecule has 0 bridgehead atoms. The largest absolute Gasteiger partial charge is 0.397 e. The SMILES string of the molecule is Nc1c(-c2cc(F)ccc2F)ccnc1C1CCOCC1C(F)F. The van der Waals surface area contributed by atoms with Crippen molar-refractivity contribution in [3.05, 3.63) is 47.8 Å². The minimum absolute atomic E-state index is 0.0168. The van der Waals surface area contributed by atoms with Crippen LogP contribution in [0.2, 0.25) is 0 Å². The highest BCUT2D eigenvalue weighted by Crippen LogP contribution is 2.40. The molecule has 1 aliphatic rings. The summed E-state index contributed by atoms with van der Waals surface area (Å²) in [5, 5.41) is 0. The number of nitrogens with zero attached hydrogens (tertiary/aromatic N) is 1. The smallest absolute Gasteiger partial charge is 0.244 e. The first-order chi connectivity index (χ1) is 11.5.